The topological polar surface area (TPSA) is 37.3 Å². The van der Waals surface area contributed by atoms with Gasteiger partial charge in [-0.15, -0.1) is 0 Å². The lowest BCUT2D eigenvalue weighted by Crippen LogP contribution is -1.86. The smallest absolute Gasteiger partial charge is 0.328 e. The van der Waals surface area contributed by atoms with Crippen LogP contribution >= 0.6 is 0 Å². The molecule has 0 amide bonds. The third-order valence-corrected chi connectivity index (χ3v) is 1.26. The van der Waals surface area contributed by atoms with E-state index < -0.39 is 5.97 Å². The van der Waals surface area contributed by atoms with E-state index in [0.717, 1.165) is 17.2 Å². The monoisotopic (exact) mass is 140 g/mol. The first-order valence-corrected chi connectivity index (χ1v) is 3.09. The van der Waals surface area contributed by atoms with Crippen LogP contribution < -0.4 is 0 Å². The van der Waals surface area contributed by atoms with Gasteiger partial charge in [-0.3, -0.25) is 0 Å². The van der Waals surface area contributed by atoms with Crippen molar-refractivity contribution >= 4 is 5.97 Å². The quantitative estimate of drug-likeness (QED) is 0.470. The van der Waals surface area contributed by atoms with Gasteiger partial charge in [0.2, 0.25) is 0 Å². The van der Waals surface area contributed by atoms with E-state index in [4.69, 9.17) is 5.11 Å². The van der Waals surface area contributed by atoms with Gasteiger partial charge in [0.25, 0.3) is 0 Å². The summed E-state index contributed by atoms with van der Waals surface area (Å²) in [5, 5.41) is 8.23. The molecule has 2 heteroatoms. The molecule has 0 heterocycles. The summed E-state index contributed by atoms with van der Waals surface area (Å²) in [6.07, 6.45) is 2.74. The van der Waals surface area contributed by atoms with E-state index in [1.54, 1.807) is 6.08 Å². The maximum atomic E-state index is 10.0. The summed E-state index contributed by atoms with van der Waals surface area (Å²) in [5.74, 6) is -0.902. The van der Waals surface area contributed by atoms with Crippen LogP contribution in [0.25, 0.3) is 0 Å². The Morgan fingerprint density at radius 3 is 2.00 bits per heavy atom. The van der Waals surface area contributed by atoms with Crippen LogP contribution in [-0.4, -0.2) is 11.1 Å². The van der Waals surface area contributed by atoms with Crippen LogP contribution in [0, 0.1) is 0 Å². The van der Waals surface area contributed by atoms with Crippen LogP contribution in [0.5, 0.6) is 0 Å². The number of carboxylic acid groups (broad SMARTS) is 1. The predicted octanol–water partition coefficient (Wildman–Crippen LogP) is 1.98. The van der Waals surface area contributed by atoms with E-state index in [1.807, 2.05) is 20.8 Å². The van der Waals surface area contributed by atoms with Gasteiger partial charge >= 0.3 is 5.97 Å². The third-order valence-electron chi connectivity index (χ3n) is 1.26. The van der Waals surface area contributed by atoms with Crippen LogP contribution in [0.4, 0.5) is 0 Å². The van der Waals surface area contributed by atoms with Gasteiger partial charge in [-0.2, -0.15) is 0 Å². The standard InChI is InChI=1S/C8H12O2/c1-6(2)7(3)4-5-8(9)10/h4-5H,1-3H3,(H,9,10). The number of rotatable bonds is 2. The van der Waals surface area contributed by atoms with Gasteiger partial charge < -0.3 is 5.11 Å². The summed E-state index contributed by atoms with van der Waals surface area (Å²) in [5.41, 5.74) is 2.14. The van der Waals surface area contributed by atoms with Gasteiger partial charge in [-0.25, -0.2) is 4.79 Å². The fourth-order valence-corrected chi connectivity index (χ4v) is 0.363. The third kappa shape index (κ3) is 3.89. The molecule has 0 aromatic carbocycles. The van der Waals surface area contributed by atoms with E-state index in [-0.39, 0.29) is 0 Å². The minimum Gasteiger partial charge on any atom is -0.478 e. The fourth-order valence-electron chi connectivity index (χ4n) is 0.363. The molecule has 0 aliphatic rings. The zero-order valence-electron chi connectivity index (χ0n) is 6.51. The highest BCUT2D eigenvalue weighted by atomic mass is 16.4. The zero-order chi connectivity index (χ0) is 8.15. The molecule has 0 saturated carbocycles. The average Bonchev–Trinajstić information content (AvgIpc) is 1.82. The normalized spacial score (nSPS) is 9.90. The minimum atomic E-state index is -0.902. The summed E-state index contributed by atoms with van der Waals surface area (Å²) in [7, 11) is 0. The maximum Gasteiger partial charge on any atom is 0.328 e. The molecule has 0 bridgehead atoms. The zero-order valence-corrected chi connectivity index (χ0v) is 6.51. The van der Waals surface area contributed by atoms with Gasteiger partial charge in [0, 0.05) is 6.08 Å². The SMILES string of the molecule is CC(C)=C(C)C=CC(=O)O. The fraction of sp³-hybridized carbons (Fsp3) is 0.375. The molecule has 10 heavy (non-hydrogen) atoms. The predicted molar refractivity (Wildman–Crippen MR) is 40.8 cm³/mol. The van der Waals surface area contributed by atoms with Crippen molar-refractivity contribution in [2.75, 3.05) is 0 Å². The van der Waals surface area contributed by atoms with Crippen molar-refractivity contribution in [3.63, 3.8) is 0 Å². The second-order valence-electron chi connectivity index (χ2n) is 2.35. The van der Waals surface area contributed by atoms with Crippen LogP contribution in [-0.2, 0) is 4.79 Å². The Kier molecular flexibility index (Phi) is 3.47. The van der Waals surface area contributed by atoms with Crippen LogP contribution in [0.1, 0.15) is 20.8 Å². The van der Waals surface area contributed by atoms with Crippen molar-refractivity contribution in [2.45, 2.75) is 20.8 Å². The lowest BCUT2D eigenvalue weighted by atomic mass is 10.2. The highest BCUT2D eigenvalue weighted by Gasteiger charge is 1.87. The second kappa shape index (κ2) is 3.88. The Hall–Kier alpha value is -1.05. The highest BCUT2D eigenvalue weighted by molar-refractivity contribution is 5.80. The lowest BCUT2D eigenvalue weighted by Gasteiger charge is -1.92. The van der Waals surface area contributed by atoms with Gasteiger partial charge in [-0.1, -0.05) is 17.2 Å². The van der Waals surface area contributed by atoms with Crippen molar-refractivity contribution < 1.29 is 9.90 Å². The van der Waals surface area contributed by atoms with Gasteiger partial charge in [0.1, 0.15) is 0 Å². The molecule has 2 nitrogen and oxygen atoms in total. The first kappa shape index (κ1) is 8.95. The summed E-state index contributed by atoms with van der Waals surface area (Å²) < 4.78 is 0. The number of hydrogen-bond acceptors (Lipinski definition) is 1. The molecule has 56 valence electrons. The summed E-state index contributed by atoms with van der Waals surface area (Å²) in [6.45, 7) is 5.78. The Labute approximate surface area is 60.9 Å². The summed E-state index contributed by atoms with van der Waals surface area (Å²) >= 11 is 0. The first-order valence-electron chi connectivity index (χ1n) is 3.09. The molecular weight excluding hydrogens is 128 g/mol. The number of hydrogen-bond donors (Lipinski definition) is 1. The van der Waals surface area contributed by atoms with Crippen molar-refractivity contribution in [1.29, 1.82) is 0 Å². The van der Waals surface area contributed by atoms with Gasteiger partial charge in [0.15, 0.2) is 0 Å². The Bertz CT molecular complexity index is 183. The van der Waals surface area contributed by atoms with E-state index in [1.165, 1.54) is 0 Å². The van der Waals surface area contributed by atoms with E-state index >= 15 is 0 Å². The molecule has 0 radical (unpaired) electrons. The van der Waals surface area contributed by atoms with Gasteiger partial charge in [-0.05, 0) is 20.8 Å². The van der Waals surface area contributed by atoms with E-state index in [2.05, 4.69) is 0 Å². The second-order valence-corrected chi connectivity index (χ2v) is 2.35. The van der Waals surface area contributed by atoms with E-state index in [0.29, 0.717) is 0 Å². The molecule has 0 unspecified atom stereocenters. The largest absolute Gasteiger partial charge is 0.478 e. The number of carbonyl (C=O) groups is 1. The number of carboxylic acids is 1. The van der Waals surface area contributed by atoms with Crippen molar-refractivity contribution in [3.8, 4) is 0 Å². The van der Waals surface area contributed by atoms with Crippen LogP contribution in [0.15, 0.2) is 23.3 Å². The lowest BCUT2D eigenvalue weighted by molar-refractivity contribution is -0.131. The van der Waals surface area contributed by atoms with Crippen molar-refractivity contribution in [3.05, 3.63) is 23.3 Å². The molecule has 0 saturated heterocycles. The Morgan fingerprint density at radius 1 is 1.20 bits per heavy atom. The Morgan fingerprint density at radius 2 is 1.70 bits per heavy atom. The molecule has 0 aromatic rings. The number of aliphatic carboxylic acids is 1. The minimum absolute atomic E-state index is 0.902. The van der Waals surface area contributed by atoms with E-state index in [9.17, 15) is 4.79 Å². The molecule has 0 aromatic heterocycles. The van der Waals surface area contributed by atoms with Crippen LogP contribution in [0.3, 0.4) is 0 Å². The van der Waals surface area contributed by atoms with Crippen LogP contribution in [0.2, 0.25) is 0 Å². The summed E-state index contributed by atoms with van der Waals surface area (Å²) in [4.78, 5) is 10.0. The maximum absolute atomic E-state index is 10.0. The molecule has 1 N–H and O–H groups in total. The van der Waals surface area contributed by atoms with Crippen molar-refractivity contribution in [2.24, 2.45) is 0 Å². The molecule has 0 aliphatic carbocycles. The Balaban J connectivity index is 4.16. The average molecular weight is 140 g/mol. The van der Waals surface area contributed by atoms with Crippen molar-refractivity contribution in [1.82, 2.24) is 0 Å². The van der Waals surface area contributed by atoms with Gasteiger partial charge in [0.05, 0.1) is 0 Å². The molecule has 0 fully saturated rings. The molecule has 0 spiro atoms. The summed E-state index contributed by atoms with van der Waals surface area (Å²) in [6, 6.07) is 0. The number of allylic oxidation sites excluding steroid dienone is 3. The molecule has 0 rings (SSSR count). The highest BCUT2D eigenvalue weighted by Crippen LogP contribution is 2.02. The first-order chi connectivity index (χ1) is 4.54. The molecule has 0 aliphatic heterocycles. The molecular formula is C8H12O2. The molecule has 0 atom stereocenters.